The van der Waals surface area contributed by atoms with E-state index >= 15 is 0 Å². The van der Waals surface area contributed by atoms with Crippen LogP contribution >= 0.6 is 0 Å². The summed E-state index contributed by atoms with van der Waals surface area (Å²) in [4.78, 5) is 58.0. The second kappa shape index (κ2) is 20.6. The number of benzene rings is 2. The molecule has 5 aliphatic rings. The Morgan fingerprint density at radius 2 is 1.64 bits per heavy atom. The van der Waals surface area contributed by atoms with Crippen LogP contribution < -0.4 is 16.0 Å². The minimum atomic E-state index is -0.513. The Morgan fingerprint density at radius 3 is 2.43 bits per heavy atom. The third kappa shape index (κ3) is 11.0. The minimum Gasteiger partial charge on any atom is -0.444 e. The highest BCUT2D eigenvalue weighted by Crippen LogP contribution is 2.64. The number of amides is 4. The second-order valence-corrected chi connectivity index (χ2v) is 17.9. The molecular weight excluding hydrogens is 773 g/mol. The fraction of sp³-hybridized carbons (Fsp3) is 0.574. The maximum absolute atomic E-state index is 13.9. The molecule has 328 valence electrons. The Morgan fingerprint density at radius 1 is 0.918 bits per heavy atom. The predicted molar refractivity (Wildman–Crippen MR) is 236 cm³/mol. The third-order valence-corrected chi connectivity index (χ3v) is 12.6. The Labute approximate surface area is 360 Å². The highest BCUT2D eigenvalue weighted by atomic mass is 16.6. The molecule has 14 nitrogen and oxygen atoms in total. The van der Waals surface area contributed by atoms with Gasteiger partial charge in [0.25, 0.3) is 0 Å². The van der Waals surface area contributed by atoms with Crippen LogP contribution in [-0.2, 0) is 29.3 Å². The van der Waals surface area contributed by atoms with Crippen molar-refractivity contribution in [3.05, 3.63) is 99.5 Å². The Bertz CT molecular complexity index is 2010. The van der Waals surface area contributed by atoms with E-state index in [9.17, 15) is 19.2 Å². The number of nitrogens with one attached hydrogen (secondary N) is 3. The van der Waals surface area contributed by atoms with Crippen molar-refractivity contribution in [2.24, 2.45) is 17.0 Å². The summed E-state index contributed by atoms with van der Waals surface area (Å²) in [5, 5.41) is 12.8. The van der Waals surface area contributed by atoms with E-state index < -0.39 is 17.1 Å². The third-order valence-electron chi connectivity index (χ3n) is 12.6. The number of carbonyl (C=O) groups excluding carboxylic acids is 4. The molecule has 7 rings (SSSR count). The number of anilines is 1. The van der Waals surface area contributed by atoms with Crippen LogP contribution in [-0.4, -0.2) is 105 Å². The zero-order chi connectivity index (χ0) is 43.6. The van der Waals surface area contributed by atoms with Gasteiger partial charge in [-0.2, -0.15) is 0 Å². The number of allylic oxidation sites excluding steroid dienone is 4. The topological polar surface area (TPSA) is 178 Å². The van der Waals surface area contributed by atoms with Gasteiger partial charge in [0.2, 0.25) is 17.7 Å². The first-order valence-corrected chi connectivity index (χ1v) is 22.0. The molecule has 0 radical (unpaired) electrons. The van der Waals surface area contributed by atoms with Gasteiger partial charge in [-0.3, -0.25) is 14.4 Å². The first kappa shape index (κ1) is 45.4. The number of azide groups is 1. The van der Waals surface area contributed by atoms with Crippen molar-refractivity contribution in [1.29, 1.82) is 0 Å². The number of nitrogens with zero attached hydrogens (tertiary/aromatic N) is 5. The number of unbranched alkanes of at least 4 members (excludes halogenated alkanes) is 4. The summed E-state index contributed by atoms with van der Waals surface area (Å²) in [6, 6.07) is 14.5. The van der Waals surface area contributed by atoms with E-state index in [2.05, 4.69) is 86.7 Å². The molecule has 1 fully saturated rings. The summed E-state index contributed by atoms with van der Waals surface area (Å²) in [5.41, 5.74) is 13.5. The zero-order valence-electron chi connectivity index (χ0n) is 36.5. The summed E-state index contributed by atoms with van der Waals surface area (Å²) in [6.07, 6.45) is 14.9. The molecule has 14 heteroatoms. The van der Waals surface area contributed by atoms with Gasteiger partial charge in [-0.1, -0.05) is 79.0 Å². The molecule has 5 unspecified atom stereocenters. The quantitative estimate of drug-likeness (QED) is 0.0540. The van der Waals surface area contributed by atoms with Crippen molar-refractivity contribution in [2.75, 3.05) is 58.8 Å². The maximum Gasteiger partial charge on any atom is 0.407 e. The van der Waals surface area contributed by atoms with E-state index in [1.807, 2.05) is 33.9 Å². The molecule has 6 atom stereocenters. The largest absolute Gasteiger partial charge is 0.444 e. The van der Waals surface area contributed by atoms with Crippen LogP contribution in [0.2, 0.25) is 0 Å². The maximum atomic E-state index is 13.9. The fourth-order valence-corrected chi connectivity index (χ4v) is 9.66. The van der Waals surface area contributed by atoms with Gasteiger partial charge in [-0.25, -0.2) is 4.79 Å². The van der Waals surface area contributed by atoms with E-state index in [4.69, 9.17) is 15.0 Å². The predicted octanol–water partition coefficient (Wildman–Crippen LogP) is 7.35. The molecule has 0 aromatic heterocycles. The molecule has 1 saturated heterocycles. The lowest BCUT2D eigenvalue weighted by Gasteiger charge is -2.58. The van der Waals surface area contributed by atoms with E-state index in [0.717, 1.165) is 37.8 Å². The van der Waals surface area contributed by atoms with Gasteiger partial charge in [0.05, 0.1) is 25.3 Å². The summed E-state index contributed by atoms with van der Waals surface area (Å²) in [5.74, 6) is 0.553. The average molecular weight is 837 g/mol. The van der Waals surface area contributed by atoms with Crippen LogP contribution in [0, 0.1) is 11.8 Å². The molecule has 4 amide bonds. The fourth-order valence-electron chi connectivity index (χ4n) is 9.66. The summed E-state index contributed by atoms with van der Waals surface area (Å²) in [7, 11) is 3.55. The molecule has 2 bridgehead atoms. The number of hydrogen-bond donors (Lipinski definition) is 3. The number of hydrogen-bond acceptors (Lipinski definition) is 8. The van der Waals surface area contributed by atoms with Crippen LogP contribution in [0.25, 0.3) is 10.4 Å². The van der Waals surface area contributed by atoms with Crippen LogP contribution in [0.1, 0.15) is 107 Å². The van der Waals surface area contributed by atoms with Gasteiger partial charge in [0, 0.05) is 75.0 Å². The normalized spacial score (nSPS) is 22.9. The first-order valence-electron chi connectivity index (χ1n) is 22.0. The molecule has 0 spiro atoms. The van der Waals surface area contributed by atoms with Gasteiger partial charge in [0.1, 0.15) is 5.60 Å². The van der Waals surface area contributed by atoms with E-state index in [0.29, 0.717) is 65.1 Å². The average Bonchev–Trinajstić information content (AvgIpc) is 3.71. The van der Waals surface area contributed by atoms with E-state index in [1.165, 1.54) is 22.3 Å². The van der Waals surface area contributed by atoms with Crippen LogP contribution in [0.5, 0.6) is 0 Å². The van der Waals surface area contributed by atoms with Gasteiger partial charge in [0.15, 0.2) is 0 Å². The summed E-state index contributed by atoms with van der Waals surface area (Å²) < 4.78 is 11.2. The number of rotatable bonds is 20. The van der Waals surface area contributed by atoms with Crippen LogP contribution in [0.4, 0.5) is 10.5 Å². The second-order valence-electron chi connectivity index (χ2n) is 17.9. The number of ether oxygens (including phenoxy) is 2. The van der Waals surface area contributed by atoms with E-state index in [-0.39, 0.29) is 47.6 Å². The van der Waals surface area contributed by atoms with Crippen LogP contribution in [0.3, 0.4) is 0 Å². The molecule has 1 aliphatic heterocycles. The standard InChI is InChI=1S/C47H64N8O6/c1-46(2,3)61-45(59)49-24-14-8-6-7-9-19-41(56)51-32-20-21-36-39(29-32)47(37-17-12-10-15-34(37)43(36)35-16-11-13-18-38(35)47)23-22-42(57)54(4)25-27-60-28-26-55(5)44(58)40-30-33(31-50-40)52-53-48/h10-13,15-18,20-21,29,33-34,37,40,43,50H,6-9,14,19,22-28,30-31H2,1-5H3,(H,49,59)(H,51,56)/t33-,34?,37?,40?,43?,47?/m0/s1. The number of alkyl carbamates (subject to hydrolysis) is 1. The number of likely N-dealkylation sites (N-methyl/N-ethyl adjacent to an activating group) is 2. The van der Waals surface area contributed by atoms with Crippen molar-refractivity contribution >= 4 is 29.5 Å². The number of carbonyl (C=O) groups is 4. The SMILES string of the molecule is CN(CCOCCN(C)C(=O)C1C[C@H](N=[N+]=[N-])CN1)C(=O)CCC12c3ccccc3C(c3ccc(NC(=O)CCCCCCCNC(=O)OC(C)(C)C)cc31)C1C=CC=CC12. The highest BCUT2D eigenvalue weighted by molar-refractivity contribution is 5.91. The molecule has 4 aliphatic carbocycles. The molecule has 2 aromatic rings. The van der Waals surface area contributed by atoms with Gasteiger partial charge < -0.3 is 35.2 Å². The minimum absolute atomic E-state index is 0.0104. The Kier molecular flexibility index (Phi) is 15.3. The van der Waals surface area contributed by atoms with Crippen molar-refractivity contribution in [3.63, 3.8) is 0 Å². The van der Waals surface area contributed by atoms with Gasteiger partial charge >= 0.3 is 6.09 Å². The molecular formula is C47H64N8O6. The zero-order valence-corrected chi connectivity index (χ0v) is 36.5. The Balaban J connectivity index is 1.03. The van der Waals surface area contributed by atoms with Gasteiger partial charge in [-0.15, -0.1) is 0 Å². The lowest BCUT2D eigenvalue weighted by Crippen LogP contribution is -2.52. The van der Waals surface area contributed by atoms with Crippen molar-refractivity contribution in [1.82, 2.24) is 20.4 Å². The molecule has 3 N–H and O–H groups in total. The van der Waals surface area contributed by atoms with Crippen molar-refractivity contribution in [2.45, 2.75) is 108 Å². The monoisotopic (exact) mass is 836 g/mol. The smallest absolute Gasteiger partial charge is 0.407 e. The van der Waals surface area contributed by atoms with Crippen LogP contribution in [0.15, 0.2) is 71.9 Å². The molecule has 1 heterocycles. The van der Waals surface area contributed by atoms with Crippen molar-refractivity contribution in [3.8, 4) is 0 Å². The molecule has 61 heavy (non-hydrogen) atoms. The van der Waals surface area contributed by atoms with Gasteiger partial charge in [-0.05, 0) is 98.2 Å². The summed E-state index contributed by atoms with van der Waals surface area (Å²) >= 11 is 0. The first-order chi connectivity index (χ1) is 29.3. The molecule has 0 saturated carbocycles. The molecule has 2 aromatic carbocycles. The Hall–Kier alpha value is -5.17. The summed E-state index contributed by atoms with van der Waals surface area (Å²) in [6.45, 7) is 8.11. The highest BCUT2D eigenvalue weighted by Gasteiger charge is 2.57. The van der Waals surface area contributed by atoms with E-state index in [1.54, 1.807) is 16.8 Å². The van der Waals surface area contributed by atoms with Crippen molar-refractivity contribution < 1.29 is 28.7 Å². The lowest BCUT2D eigenvalue weighted by atomic mass is 9.45. The lowest BCUT2D eigenvalue weighted by molar-refractivity contribution is -0.132.